The van der Waals surface area contributed by atoms with Gasteiger partial charge in [0.15, 0.2) is 0 Å². The van der Waals surface area contributed by atoms with E-state index in [1.165, 1.54) is 17.2 Å². The van der Waals surface area contributed by atoms with Crippen LogP contribution in [-0.4, -0.2) is 37.9 Å². The van der Waals surface area contributed by atoms with Crippen LogP contribution < -0.4 is 20.7 Å². The largest absolute Gasteiger partial charge is 0.352 e. The molecule has 0 saturated heterocycles. The van der Waals surface area contributed by atoms with Gasteiger partial charge in [0.05, 0.1) is 17.6 Å². The fourth-order valence-electron chi connectivity index (χ4n) is 2.60. The number of benzene rings is 1. The Labute approximate surface area is 163 Å². The molecule has 1 aromatic heterocycles. The highest BCUT2D eigenvalue weighted by Gasteiger charge is 2.26. The maximum absolute atomic E-state index is 12.8. The van der Waals surface area contributed by atoms with Gasteiger partial charge in [-0.15, -0.1) is 0 Å². The van der Waals surface area contributed by atoms with E-state index in [1.807, 2.05) is 0 Å². The maximum atomic E-state index is 12.8. The number of nitrogens with zero attached hydrogens (tertiary/aromatic N) is 2. The number of nitrogens with one attached hydrogen (secondary N) is 2. The van der Waals surface area contributed by atoms with Crippen molar-refractivity contribution in [2.75, 3.05) is 16.8 Å². The Balaban J connectivity index is 1.75. The zero-order valence-corrected chi connectivity index (χ0v) is 15.9. The SMILES string of the molecule is NS(=O)(=O)Cc1cccc(NC(=O)N(CC(=O)NC2CC2)c2cccnc2)c1. The average molecular weight is 403 g/mol. The summed E-state index contributed by atoms with van der Waals surface area (Å²) >= 11 is 0. The standard InChI is InChI=1S/C18H21N5O4S/c19-28(26,27)12-13-3-1-4-15(9-13)22-18(25)23(16-5-2-8-20-10-16)11-17(24)21-14-6-7-14/h1-5,8-10,14H,6-7,11-12H2,(H,21,24)(H,22,25)(H2,19,26,27). The molecule has 10 heteroatoms. The van der Waals surface area contributed by atoms with Gasteiger partial charge in [0.1, 0.15) is 6.54 Å². The van der Waals surface area contributed by atoms with Crippen molar-refractivity contribution in [2.24, 2.45) is 5.14 Å². The van der Waals surface area contributed by atoms with Crippen molar-refractivity contribution in [3.8, 4) is 0 Å². The van der Waals surface area contributed by atoms with Gasteiger partial charge in [0, 0.05) is 17.9 Å². The summed E-state index contributed by atoms with van der Waals surface area (Å²) in [4.78, 5) is 30.3. The third-order valence-corrected chi connectivity index (χ3v) is 4.73. The quantitative estimate of drug-likeness (QED) is 0.638. The first-order valence-corrected chi connectivity index (χ1v) is 10.4. The van der Waals surface area contributed by atoms with E-state index in [-0.39, 0.29) is 24.2 Å². The van der Waals surface area contributed by atoms with E-state index >= 15 is 0 Å². The maximum Gasteiger partial charge on any atom is 0.326 e. The number of urea groups is 1. The zero-order chi connectivity index (χ0) is 20.1. The summed E-state index contributed by atoms with van der Waals surface area (Å²) in [5.74, 6) is -0.600. The van der Waals surface area contributed by atoms with Crippen molar-refractivity contribution < 1.29 is 18.0 Å². The second-order valence-electron chi connectivity index (χ2n) is 6.58. The second kappa shape index (κ2) is 8.36. The topological polar surface area (TPSA) is 134 Å². The van der Waals surface area contributed by atoms with Gasteiger partial charge < -0.3 is 10.6 Å². The summed E-state index contributed by atoms with van der Waals surface area (Å²) in [6.45, 7) is -0.162. The molecule has 1 saturated carbocycles. The number of carbonyl (C=O) groups excluding carboxylic acids is 2. The zero-order valence-electron chi connectivity index (χ0n) is 15.0. The molecule has 1 aliphatic rings. The first-order chi connectivity index (χ1) is 13.3. The number of nitrogens with two attached hydrogens (primary N) is 1. The van der Waals surface area contributed by atoms with Crippen molar-refractivity contribution in [1.82, 2.24) is 10.3 Å². The van der Waals surface area contributed by atoms with Crippen molar-refractivity contribution in [1.29, 1.82) is 0 Å². The molecule has 1 aliphatic carbocycles. The summed E-state index contributed by atoms with van der Waals surface area (Å²) < 4.78 is 22.5. The van der Waals surface area contributed by atoms with E-state index in [2.05, 4.69) is 15.6 Å². The van der Waals surface area contributed by atoms with Crippen molar-refractivity contribution in [2.45, 2.75) is 24.6 Å². The van der Waals surface area contributed by atoms with Gasteiger partial charge in [-0.3, -0.25) is 14.7 Å². The van der Waals surface area contributed by atoms with Crippen LogP contribution in [0.3, 0.4) is 0 Å². The molecule has 2 aromatic rings. The molecule has 0 unspecified atom stereocenters. The predicted octanol–water partition coefficient (Wildman–Crippen LogP) is 1.19. The van der Waals surface area contributed by atoms with Crippen LogP contribution >= 0.6 is 0 Å². The van der Waals surface area contributed by atoms with Crippen LogP contribution in [0, 0.1) is 0 Å². The lowest BCUT2D eigenvalue weighted by Gasteiger charge is -2.22. The number of hydrogen-bond acceptors (Lipinski definition) is 5. The van der Waals surface area contributed by atoms with Crippen molar-refractivity contribution in [3.05, 3.63) is 54.4 Å². The first kappa shape index (κ1) is 19.8. The second-order valence-corrected chi connectivity index (χ2v) is 8.19. The minimum Gasteiger partial charge on any atom is -0.352 e. The van der Waals surface area contributed by atoms with Crippen LogP contribution in [0.15, 0.2) is 48.8 Å². The molecule has 28 heavy (non-hydrogen) atoms. The average Bonchev–Trinajstić information content (AvgIpc) is 3.43. The number of sulfonamides is 1. The number of primary sulfonamides is 1. The highest BCUT2D eigenvalue weighted by Crippen LogP contribution is 2.20. The molecule has 1 fully saturated rings. The molecule has 9 nitrogen and oxygen atoms in total. The van der Waals surface area contributed by atoms with Crippen LogP contribution in [0.4, 0.5) is 16.2 Å². The van der Waals surface area contributed by atoms with Crippen LogP contribution in [0.1, 0.15) is 18.4 Å². The lowest BCUT2D eigenvalue weighted by molar-refractivity contribution is -0.119. The molecule has 3 rings (SSSR count). The molecule has 0 bridgehead atoms. The van der Waals surface area contributed by atoms with Crippen molar-refractivity contribution >= 4 is 33.3 Å². The Morgan fingerprint density at radius 3 is 2.64 bits per heavy atom. The molecule has 3 amide bonds. The molecule has 4 N–H and O–H groups in total. The summed E-state index contributed by atoms with van der Waals surface area (Å²) in [5.41, 5.74) is 1.30. The molecule has 148 valence electrons. The van der Waals surface area contributed by atoms with Gasteiger partial charge in [0.2, 0.25) is 15.9 Å². The number of rotatable bonds is 7. The van der Waals surface area contributed by atoms with Gasteiger partial charge >= 0.3 is 6.03 Å². The number of aromatic nitrogens is 1. The summed E-state index contributed by atoms with van der Waals surface area (Å²) in [5, 5.41) is 10.6. The van der Waals surface area contributed by atoms with Crippen LogP contribution in [-0.2, 0) is 20.6 Å². The molecule has 0 aliphatic heterocycles. The summed E-state index contributed by atoms with van der Waals surface area (Å²) in [7, 11) is -3.69. The Hall–Kier alpha value is -2.98. The molecule has 0 spiro atoms. The predicted molar refractivity (Wildman–Crippen MR) is 105 cm³/mol. The van der Waals surface area contributed by atoms with Crippen LogP contribution in [0.2, 0.25) is 0 Å². The number of hydrogen-bond donors (Lipinski definition) is 3. The van der Waals surface area contributed by atoms with Gasteiger partial charge in [0.25, 0.3) is 0 Å². The third-order valence-electron chi connectivity index (χ3n) is 3.99. The van der Waals surface area contributed by atoms with Gasteiger partial charge in [-0.05, 0) is 42.7 Å². The Bertz CT molecular complexity index is 961. The van der Waals surface area contributed by atoms with Gasteiger partial charge in [-0.25, -0.2) is 18.4 Å². The fourth-order valence-corrected chi connectivity index (χ4v) is 3.24. The molecular weight excluding hydrogens is 382 g/mol. The van der Waals surface area contributed by atoms with Gasteiger partial charge in [-0.2, -0.15) is 0 Å². The number of anilines is 2. The molecule has 0 atom stereocenters. The number of pyridine rings is 1. The minimum atomic E-state index is -3.69. The van der Waals surface area contributed by atoms with E-state index in [0.29, 0.717) is 16.9 Å². The normalized spacial score (nSPS) is 13.6. The summed E-state index contributed by atoms with van der Waals surface area (Å²) in [6.07, 6.45) is 4.95. The Morgan fingerprint density at radius 1 is 1.21 bits per heavy atom. The lowest BCUT2D eigenvalue weighted by Crippen LogP contribution is -2.43. The molecule has 0 radical (unpaired) electrons. The molecule has 1 aromatic carbocycles. The monoisotopic (exact) mass is 403 g/mol. The minimum absolute atomic E-state index is 0.162. The summed E-state index contributed by atoms with van der Waals surface area (Å²) in [6, 6.07) is 9.35. The first-order valence-electron chi connectivity index (χ1n) is 8.67. The number of carbonyl (C=O) groups is 2. The van der Waals surface area contributed by atoms with E-state index in [4.69, 9.17) is 5.14 Å². The van der Waals surface area contributed by atoms with E-state index in [0.717, 1.165) is 12.8 Å². The molecule has 1 heterocycles. The Kier molecular flexibility index (Phi) is 5.90. The van der Waals surface area contributed by atoms with Crippen molar-refractivity contribution in [3.63, 3.8) is 0 Å². The Morgan fingerprint density at radius 2 is 2.00 bits per heavy atom. The van der Waals surface area contributed by atoms with E-state index in [9.17, 15) is 18.0 Å². The van der Waals surface area contributed by atoms with E-state index in [1.54, 1.807) is 36.5 Å². The van der Waals surface area contributed by atoms with Crippen LogP contribution in [0.5, 0.6) is 0 Å². The van der Waals surface area contributed by atoms with E-state index < -0.39 is 16.1 Å². The number of amides is 3. The fraction of sp³-hybridized carbons (Fsp3) is 0.278. The van der Waals surface area contributed by atoms with Crippen LogP contribution in [0.25, 0.3) is 0 Å². The molecular formula is C18H21N5O4S. The smallest absolute Gasteiger partial charge is 0.326 e. The highest BCUT2D eigenvalue weighted by atomic mass is 32.2. The van der Waals surface area contributed by atoms with Gasteiger partial charge in [-0.1, -0.05) is 12.1 Å². The highest BCUT2D eigenvalue weighted by molar-refractivity contribution is 7.88. The lowest BCUT2D eigenvalue weighted by atomic mass is 10.2. The third kappa shape index (κ3) is 6.03.